The summed E-state index contributed by atoms with van der Waals surface area (Å²) in [6, 6.07) is 2.31. The van der Waals surface area contributed by atoms with Crippen LogP contribution in [-0.4, -0.2) is 11.1 Å². The summed E-state index contributed by atoms with van der Waals surface area (Å²) in [5.41, 5.74) is 4.21. The molecule has 1 N–H and O–H groups in total. The average molecular weight is 248 g/mol. The molecule has 2 rings (SSSR count). The Morgan fingerprint density at radius 1 is 1.33 bits per heavy atom. The maximum atomic E-state index is 3.66. The molecule has 18 heavy (non-hydrogen) atoms. The van der Waals surface area contributed by atoms with Gasteiger partial charge >= 0.3 is 0 Å². The molecule has 0 spiro atoms. The van der Waals surface area contributed by atoms with Crippen LogP contribution in [0.2, 0.25) is 0 Å². The number of aryl methyl sites for hydroxylation is 1. The Balaban J connectivity index is 1.79. The minimum atomic E-state index is 0.902. The normalized spacial score (nSPS) is 24.4. The summed E-state index contributed by atoms with van der Waals surface area (Å²) in [6.07, 6.45) is 5.70. The lowest BCUT2D eigenvalue weighted by Gasteiger charge is -2.26. The molecule has 1 aromatic rings. The smallest absolute Gasteiger partial charge is 0.0223 e. The fourth-order valence-electron chi connectivity index (χ4n) is 3.27. The van der Waals surface area contributed by atoms with Crippen LogP contribution in [0.1, 0.15) is 49.6 Å². The van der Waals surface area contributed by atoms with E-state index in [-0.39, 0.29) is 0 Å². The van der Waals surface area contributed by atoms with Gasteiger partial charge in [0.2, 0.25) is 0 Å². The monoisotopic (exact) mass is 248 g/mol. The van der Waals surface area contributed by atoms with E-state index in [2.05, 4.69) is 43.8 Å². The van der Waals surface area contributed by atoms with E-state index in [0.717, 1.165) is 18.4 Å². The van der Waals surface area contributed by atoms with Crippen molar-refractivity contribution in [1.29, 1.82) is 0 Å². The highest BCUT2D eigenvalue weighted by atomic mass is 15.0. The Labute approximate surface area is 112 Å². The lowest BCUT2D eigenvalue weighted by atomic mass is 9.82. The molecular formula is C16H28N2. The number of nitrogens with zero attached hydrogens (tertiary/aromatic N) is 1. The summed E-state index contributed by atoms with van der Waals surface area (Å²) in [5, 5.41) is 3.66. The van der Waals surface area contributed by atoms with Crippen LogP contribution in [0.4, 0.5) is 0 Å². The largest absolute Gasteiger partial charge is 0.352 e. The molecule has 0 bridgehead atoms. The molecule has 1 aliphatic carbocycles. The minimum absolute atomic E-state index is 0.902. The molecular weight excluding hydrogens is 220 g/mol. The molecule has 2 nitrogen and oxygen atoms in total. The van der Waals surface area contributed by atoms with Crippen LogP contribution in [0, 0.1) is 25.7 Å². The van der Waals surface area contributed by atoms with Crippen molar-refractivity contribution in [3.05, 3.63) is 23.0 Å². The molecule has 0 aromatic carbocycles. The zero-order valence-corrected chi connectivity index (χ0v) is 12.4. The first-order valence-electron chi connectivity index (χ1n) is 7.40. The second kappa shape index (κ2) is 5.92. The van der Waals surface area contributed by atoms with Gasteiger partial charge in [0.25, 0.3) is 0 Å². The van der Waals surface area contributed by atoms with Gasteiger partial charge in [-0.2, -0.15) is 0 Å². The first-order valence-corrected chi connectivity index (χ1v) is 7.40. The SMILES string of the molecule is Cc1cc(CNCC2CCCC(C)C2)c(C)n1C. The zero-order valence-electron chi connectivity index (χ0n) is 12.4. The zero-order chi connectivity index (χ0) is 13.1. The third kappa shape index (κ3) is 3.17. The Morgan fingerprint density at radius 3 is 2.72 bits per heavy atom. The van der Waals surface area contributed by atoms with Crippen LogP contribution in [0.3, 0.4) is 0 Å². The molecule has 2 heteroatoms. The maximum Gasteiger partial charge on any atom is 0.0223 e. The summed E-state index contributed by atoms with van der Waals surface area (Å²) in [7, 11) is 2.15. The van der Waals surface area contributed by atoms with Crippen LogP contribution in [0.15, 0.2) is 6.07 Å². The number of rotatable bonds is 4. The quantitative estimate of drug-likeness (QED) is 0.862. The van der Waals surface area contributed by atoms with Crippen molar-refractivity contribution >= 4 is 0 Å². The van der Waals surface area contributed by atoms with Gasteiger partial charge in [-0.15, -0.1) is 0 Å². The number of hydrogen-bond donors (Lipinski definition) is 1. The molecule has 1 heterocycles. The molecule has 2 unspecified atom stereocenters. The fourth-order valence-corrected chi connectivity index (χ4v) is 3.27. The van der Waals surface area contributed by atoms with E-state index in [1.165, 1.54) is 49.2 Å². The third-order valence-corrected chi connectivity index (χ3v) is 4.67. The topological polar surface area (TPSA) is 17.0 Å². The summed E-state index contributed by atoms with van der Waals surface area (Å²) >= 11 is 0. The van der Waals surface area contributed by atoms with Crippen molar-refractivity contribution in [1.82, 2.24) is 9.88 Å². The van der Waals surface area contributed by atoms with Crippen molar-refractivity contribution in [2.75, 3.05) is 6.54 Å². The van der Waals surface area contributed by atoms with E-state index in [1.807, 2.05) is 0 Å². The van der Waals surface area contributed by atoms with Gasteiger partial charge in [-0.25, -0.2) is 0 Å². The van der Waals surface area contributed by atoms with Crippen molar-refractivity contribution < 1.29 is 0 Å². The van der Waals surface area contributed by atoms with E-state index in [0.29, 0.717) is 0 Å². The van der Waals surface area contributed by atoms with Crippen molar-refractivity contribution in [2.45, 2.75) is 53.0 Å². The summed E-state index contributed by atoms with van der Waals surface area (Å²) in [5.74, 6) is 1.84. The minimum Gasteiger partial charge on any atom is -0.352 e. The highest BCUT2D eigenvalue weighted by Gasteiger charge is 2.18. The van der Waals surface area contributed by atoms with Crippen LogP contribution in [0.5, 0.6) is 0 Å². The van der Waals surface area contributed by atoms with Crippen LogP contribution < -0.4 is 5.32 Å². The first kappa shape index (κ1) is 13.7. The van der Waals surface area contributed by atoms with Gasteiger partial charge in [-0.05, 0) is 56.7 Å². The molecule has 102 valence electrons. The Morgan fingerprint density at radius 2 is 2.11 bits per heavy atom. The highest BCUT2D eigenvalue weighted by Crippen LogP contribution is 2.28. The van der Waals surface area contributed by atoms with Gasteiger partial charge in [0.05, 0.1) is 0 Å². The Kier molecular flexibility index (Phi) is 4.50. The molecule has 0 amide bonds. The third-order valence-electron chi connectivity index (χ3n) is 4.67. The molecule has 0 saturated heterocycles. The van der Waals surface area contributed by atoms with Gasteiger partial charge < -0.3 is 9.88 Å². The van der Waals surface area contributed by atoms with E-state index < -0.39 is 0 Å². The number of hydrogen-bond acceptors (Lipinski definition) is 1. The van der Waals surface area contributed by atoms with Crippen LogP contribution in [-0.2, 0) is 13.6 Å². The van der Waals surface area contributed by atoms with E-state index in [1.54, 1.807) is 0 Å². The van der Waals surface area contributed by atoms with Crippen molar-refractivity contribution in [3.8, 4) is 0 Å². The van der Waals surface area contributed by atoms with E-state index >= 15 is 0 Å². The standard InChI is InChI=1S/C16H28N2/c1-12-6-5-7-15(8-12)10-17-11-16-9-13(2)18(4)14(16)3/h9,12,15,17H,5-8,10-11H2,1-4H3. The Hall–Kier alpha value is -0.760. The molecule has 0 radical (unpaired) electrons. The number of aromatic nitrogens is 1. The van der Waals surface area contributed by atoms with Crippen LogP contribution >= 0.6 is 0 Å². The van der Waals surface area contributed by atoms with Gasteiger partial charge in [0.1, 0.15) is 0 Å². The predicted molar refractivity (Wildman–Crippen MR) is 77.7 cm³/mol. The average Bonchev–Trinajstić information content (AvgIpc) is 2.57. The lowest BCUT2D eigenvalue weighted by molar-refractivity contribution is 0.274. The molecule has 2 atom stereocenters. The maximum absolute atomic E-state index is 3.66. The summed E-state index contributed by atoms with van der Waals surface area (Å²) in [4.78, 5) is 0. The fraction of sp³-hybridized carbons (Fsp3) is 0.750. The molecule has 0 aliphatic heterocycles. The number of nitrogens with one attached hydrogen (secondary N) is 1. The lowest BCUT2D eigenvalue weighted by Crippen LogP contribution is -2.26. The van der Waals surface area contributed by atoms with Crippen molar-refractivity contribution in [2.24, 2.45) is 18.9 Å². The Bertz CT molecular complexity index is 392. The van der Waals surface area contributed by atoms with Gasteiger partial charge in [0, 0.05) is 25.0 Å². The highest BCUT2D eigenvalue weighted by molar-refractivity contribution is 5.26. The predicted octanol–water partition coefficient (Wildman–Crippen LogP) is 3.56. The van der Waals surface area contributed by atoms with E-state index in [4.69, 9.17) is 0 Å². The van der Waals surface area contributed by atoms with Gasteiger partial charge in [0.15, 0.2) is 0 Å². The van der Waals surface area contributed by atoms with Gasteiger partial charge in [-0.1, -0.05) is 19.8 Å². The molecule has 1 fully saturated rings. The summed E-state index contributed by atoms with van der Waals surface area (Å²) < 4.78 is 2.28. The summed E-state index contributed by atoms with van der Waals surface area (Å²) in [6.45, 7) is 9.01. The van der Waals surface area contributed by atoms with Gasteiger partial charge in [-0.3, -0.25) is 0 Å². The van der Waals surface area contributed by atoms with Crippen LogP contribution in [0.25, 0.3) is 0 Å². The van der Waals surface area contributed by atoms with Crippen molar-refractivity contribution in [3.63, 3.8) is 0 Å². The molecule has 1 aromatic heterocycles. The first-order chi connectivity index (χ1) is 8.58. The molecule has 1 saturated carbocycles. The molecule has 1 aliphatic rings. The second-order valence-electron chi connectivity index (χ2n) is 6.22. The van der Waals surface area contributed by atoms with E-state index in [9.17, 15) is 0 Å². The second-order valence-corrected chi connectivity index (χ2v) is 6.22.